The molecule has 1 aromatic carbocycles. The minimum absolute atomic E-state index is 1.11. The first-order valence-corrected chi connectivity index (χ1v) is 7.74. The van der Waals surface area contributed by atoms with Gasteiger partial charge in [0.25, 0.3) is 0 Å². The van der Waals surface area contributed by atoms with Crippen LogP contribution in [-0.4, -0.2) is 36.0 Å². The van der Waals surface area contributed by atoms with Crippen LogP contribution in [0.2, 0.25) is 0 Å². The van der Waals surface area contributed by atoms with E-state index in [1.165, 1.54) is 54.3 Å². The lowest BCUT2D eigenvalue weighted by atomic mass is 10.1. The van der Waals surface area contributed by atoms with Gasteiger partial charge < -0.3 is 5.32 Å². The van der Waals surface area contributed by atoms with Crippen molar-refractivity contribution < 1.29 is 0 Å². The molecule has 2 heterocycles. The molecule has 1 saturated heterocycles. The van der Waals surface area contributed by atoms with Gasteiger partial charge >= 0.3 is 0 Å². The van der Waals surface area contributed by atoms with Crippen LogP contribution in [0.5, 0.6) is 0 Å². The third kappa shape index (κ3) is 2.61. The fourth-order valence-corrected chi connectivity index (χ4v) is 3.66. The van der Waals surface area contributed by atoms with Crippen LogP contribution in [0.15, 0.2) is 18.2 Å². The summed E-state index contributed by atoms with van der Waals surface area (Å²) >= 11 is 2.10. The second-order valence-electron chi connectivity index (χ2n) is 4.87. The topological polar surface area (TPSA) is 15.3 Å². The number of rotatable bonds is 2. The van der Waals surface area contributed by atoms with Gasteiger partial charge in [-0.05, 0) is 36.3 Å². The van der Waals surface area contributed by atoms with E-state index in [1.54, 1.807) is 0 Å². The first-order valence-electron chi connectivity index (χ1n) is 6.58. The van der Waals surface area contributed by atoms with E-state index in [0.717, 1.165) is 13.1 Å². The predicted molar refractivity (Wildman–Crippen MR) is 75.9 cm³/mol. The Morgan fingerprint density at radius 2 is 2.24 bits per heavy atom. The number of hydrogen-bond acceptors (Lipinski definition) is 3. The van der Waals surface area contributed by atoms with E-state index < -0.39 is 0 Å². The summed E-state index contributed by atoms with van der Waals surface area (Å²) in [6, 6.07) is 6.76. The highest BCUT2D eigenvalue weighted by molar-refractivity contribution is 7.99. The smallest absolute Gasteiger partial charge is 0.0419 e. The van der Waals surface area contributed by atoms with E-state index in [-0.39, 0.29) is 0 Å². The molecule has 92 valence electrons. The van der Waals surface area contributed by atoms with Gasteiger partial charge in [0.05, 0.1) is 0 Å². The van der Waals surface area contributed by atoms with Gasteiger partial charge in [-0.25, -0.2) is 0 Å². The molecule has 1 fully saturated rings. The number of nitrogens with one attached hydrogen (secondary N) is 1. The predicted octanol–water partition coefficient (Wildman–Crippen LogP) is 2.59. The molecule has 2 aliphatic rings. The van der Waals surface area contributed by atoms with Crippen molar-refractivity contribution in [1.82, 2.24) is 4.90 Å². The lowest BCUT2D eigenvalue weighted by Gasteiger charge is -2.21. The molecule has 0 bridgehead atoms. The maximum Gasteiger partial charge on any atom is 0.0419 e. The van der Waals surface area contributed by atoms with Crippen LogP contribution in [0.25, 0.3) is 0 Å². The molecule has 0 unspecified atom stereocenters. The summed E-state index contributed by atoms with van der Waals surface area (Å²) in [6.07, 6.45) is 2.53. The van der Waals surface area contributed by atoms with Gasteiger partial charge in [-0.3, -0.25) is 4.90 Å². The number of anilines is 1. The molecule has 0 radical (unpaired) electrons. The fourth-order valence-electron chi connectivity index (χ4n) is 2.74. The molecule has 0 aromatic heterocycles. The minimum Gasteiger partial charge on any atom is -0.384 e. The van der Waals surface area contributed by atoms with Crippen molar-refractivity contribution in [2.45, 2.75) is 19.4 Å². The molecule has 17 heavy (non-hydrogen) atoms. The van der Waals surface area contributed by atoms with Gasteiger partial charge in [0.15, 0.2) is 0 Å². The lowest BCUT2D eigenvalue weighted by Crippen LogP contribution is -2.25. The summed E-state index contributed by atoms with van der Waals surface area (Å²) in [5, 5.41) is 3.54. The molecular weight excluding hydrogens is 228 g/mol. The third-order valence-electron chi connectivity index (χ3n) is 3.64. The molecular formula is C14H20N2S. The van der Waals surface area contributed by atoms with Crippen LogP contribution in [0.3, 0.4) is 0 Å². The van der Waals surface area contributed by atoms with Crippen LogP contribution in [0.4, 0.5) is 5.69 Å². The van der Waals surface area contributed by atoms with Crippen LogP contribution in [-0.2, 0) is 13.0 Å². The van der Waals surface area contributed by atoms with Crippen molar-refractivity contribution in [3.05, 3.63) is 29.3 Å². The van der Waals surface area contributed by atoms with Crippen molar-refractivity contribution in [1.29, 1.82) is 0 Å². The first-order chi connectivity index (χ1) is 8.43. The highest BCUT2D eigenvalue weighted by atomic mass is 32.2. The van der Waals surface area contributed by atoms with Crippen LogP contribution in [0.1, 0.15) is 17.5 Å². The Morgan fingerprint density at radius 1 is 1.24 bits per heavy atom. The maximum absolute atomic E-state index is 3.54. The molecule has 0 spiro atoms. The summed E-state index contributed by atoms with van der Waals surface area (Å²) in [5.41, 5.74) is 4.42. The zero-order valence-corrected chi connectivity index (χ0v) is 11.1. The Morgan fingerprint density at radius 3 is 3.24 bits per heavy atom. The number of nitrogens with zero attached hydrogens (tertiary/aromatic N) is 1. The van der Waals surface area contributed by atoms with Crippen molar-refractivity contribution in [2.75, 3.05) is 36.5 Å². The second-order valence-corrected chi connectivity index (χ2v) is 6.09. The number of hydrogen-bond donors (Lipinski definition) is 1. The summed E-state index contributed by atoms with van der Waals surface area (Å²) in [7, 11) is 0. The van der Waals surface area contributed by atoms with Crippen molar-refractivity contribution in [2.24, 2.45) is 0 Å². The van der Waals surface area contributed by atoms with E-state index in [2.05, 4.69) is 40.2 Å². The normalized spacial score (nSPS) is 20.7. The average Bonchev–Trinajstić information content (AvgIpc) is 2.69. The van der Waals surface area contributed by atoms with Gasteiger partial charge in [0.1, 0.15) is 0 Å². The van der Waals surface area contributed by atoms with E-state index in [1.807, 2.05) is 0 Å². The second kappa shape index (κ2) is 5.32. The number of fused-ring (bicyclic) bond motifs is 1. The highest BCUT2D eigenvalue weighted by Crippen LogP contribution is 2.27. The van der Waals surface area contributed by atoms with Crippen LogP contribution < -0.4 is 5.32 Å². The molecule has 0 amide bonds. The van der Waals surface area contributed by atoms with E-state index in [4.69, 9.17) is 0 Å². The molecule has 2 nitrogen and oxygen atoms in total. The van der Waals surface area contributed by atoms with E-state index in [9.17, 15) is 0 Å². The van der Waals surface area contributed by atoms with Gasteiger partial charge in [0.2, 0.25) is 0 Å². The fraction of sp³-hybridized carbons (Fsp3) is 0.571. The molecule has 3 rings (SSSR count). The SMILES string of the molecule is c1cc2c(c(CN3CCCSCC3)c1)NCC2. The maximum atomic E-state index is 3.54. The number of para-hydroxylation sites is 1. The summed E-state index contributed by atoms with van der Waals surface area (Å²) in [5.74, 6) is 2.63. The van der Waals surface area contributed by atoms with E-state index in [0.29, 0.717) is 0 Å². The molecule has 0 atom stereocenters. The largest absolute Gasteiger partial charge is 0.384 e. The molecule has 1 aromatic rings. The highest BCUT2D eigenvalue weighted by Gasteiger charge is 2.16. The van der Waals surface area contributed by atoms with E-state index >= 15 is 0 Å². The Bertz CT molecular complexity index is 384. The average molecular weight is 248 g/mol. The zero-order chi connectivity index (χ0) is 11.5. The molecule has 0 aliphatic carbocycles. The molecule has 1 N–H and O–H groups in total. The van der Waals surface area contributed by atoms with Crippen molar-refractivity contribution in [3.63, 3.8) is 0 Å². The Hall–Kier alpha value is -0.670. The van der Waals surface area contributed by atoms with Crippen LogP contribution >= 0.6 is 11.8 Å². The van der Waals surface area contributed by atoms with Crippen molar-refractivity contribution in [3.8, 4) is 0 Å². The van der Waals surface area contributed by atoms with Gasteiger partial charge in [-0.1, -0.05) is 18.2 Å². The molecule has 0 saturated carbocycles. The molecule has 3 heteroatoms. The summed E-state index contributed by atoms with van der Waals surface area (Å²) in [6.45, 7) is 4.74. The zero-order valence-electron chi connectivity index (χ0n) is 10.2. The monoisotopic (exact) mass is 248 g/mol. The van der Waals surface area contributed by atoms with Crippen molar-refractivity contribution >= 4 is 17.4 Å². The van der Waals surface area contributed by atoms with Gasteiger partial charge in [0, 0.05) is 31.1 Å². The Kier molecular flexibility index (Phi) is 3.57. The Labute approximate surface area is 108 Å². The summed E-state index contributed by atoms with van der Waals surface area (Å²) in [4.78, 5) is 2.61. The third-order valence-corrected chi connectivity index (χ3v) is 4.69. The number of thioether (sulfide) groups is 1. The minimum atomic E-state index is 1.11. The van der Waals surface area contributed by atoms with Crippen LogP contribution in [0, 0.1) is 0 Å². The summed E-state index contributed by atoms with van der Waals surface area (Å²) < 4.78 is 0. The van der Waals surface area contributed by atoms with Gasteiger partial charge in [-0.2, -0.15) is 11.8 Å². The standard InChI is InChI=1S/C14H20N2S/c1-3-12-5-6-15-14(12)13(4-1)11-16-7-2-9-17-10-8-16/h1,3-4,15H,2,5-11H2. The quantitative estimate of drug-likeness (QED) is 0.866. The number of benzene rings is 1. The Balaban J connectivity index is 1.74. The first kappa shape index (κ1) is 11.4. The molecule has 2 aliphatic heterocycles. The van der Waals surface area contributed by atoms with Gasteiger partial charge in [-0.15, -0.1) is 0 Å². The lowest BCUT2D eigenvalue weighted by molar-refractivity contribution is 0.288.